The third-order valence-corrected chi connectivity index (χ3v) is 16.8. The zero-order chi connectivity index (χ0) is 67.3. The number of carbonyl (C=O) groups excluding carboxylic acids is 1. The number of amides is 1. The van der Waals surface area contributed by atoms with Crippen LogP contribution in [0, 0.1) is 0 Å². The predicted octanol–water partition coefficient (Wildman–Crippen LogP) is 15.6. The van der Waals surface area contributed by atoms with Crippen molar-refractivity contribution in [3.8, 4) is 0 Å². The van der Waals surface area contributed by atoms with Crippen LogP contribution >= 0.6 is 0 Å². The van der Waals surface area contributed by atoms with Crippen LogP contribution in [0.1, 0.15) is 251 Å². The second-order valence-corrected chi connectivity index (χ2v) is 25.0. The molecule has 2 aliphatic rings. The molecule has 0 aromatic carbocycles. The Kier molecular flexibility index (Phi) is 56.1. The fourth-order valence-electron chi connectivity index (χ4n) is 11.0. The van der Waals surface area contributed by atoms with Gasteiger partial charge in [-0.15, -0.1) is 0 Å². The van der Waals surface area contributed by atoms with Gasteiger partial charge in [-0.25, -0.2) is 0 Å². The standard InChI is InChI=1S/C79H131NO13/c1-3-5-7-9-11-13-15-17-19-21-23-25-26-27-28-29-30-31-32-33-34-35-36-37-38-39-40-41-42-43-45-47-49-51-53-55-57-59-61-63-71(84)80-67(68(83)62-60-58-56-54-52-50-48-46-44-24-22-20-18-16-14-12-10-8-6-4-2)66-90-78-76(89)74(87)77(70(65-82)92-78)93-79-75(88)73(86)72(85)69(64-81)91-79/h5,7,11,13,17,19,23,25,27-28,30-31,33-34,36-37,39-40,42-43,47,49,60,62,67-70,72-79,81-83,85-89H,3-4,6,8-10,12,14-16,18,20-22,24,26,29,32,35,38,41,44-46,48,50-59,61,63-66H2,1-2H3,(H,80,84)/b7-5-,13-11-,19-17-,25-23-,28-27-,31-30-,34-33-,37-36-,40-39-,43-42-,49-47-,62-60+. The summed E-state index contributed by atoms with van der Waals surface area (Å²) in [6, 6.07) is -0.937. The van der Waals surface area contributed by atoms with Crippen LogP contribution in [0.15, 0.2) is 146 Å². The highest BCUT2D eigenvalue weighted by Gasteiger charge is 2.51. The number of aliphatic hydroxyl groups excluding tert-OH is 8. The first-order valence-corrected chi connectivity index (χ1v) is 36.6. The number of hydrogen-bond acceptors (Lipinski definition) is 13. The first-order chi connectivity index (χ1) is 45.6. The van der Waals surface area contributed by atoms with E-state index in [0.29, 0.717) is 6.42 Å². The molecule has 12 unspecified atom stereocenters. The predicted molar refractivity (Wildman–Crippen MR) is 382 cm³/mol. The Morgan fingerprint density at radius 1 is 0.398 bits per heavy atom. The van der Waals surface area contributed by atoms with Gasteiger partial charge in [-0.1, -0.05) is 288 Å². The van der Waals surface area contributed by atoms with Gasteiger partial charge in [0.15, 0.2) is 12.6 Å². The number of aliphatic hydroxyl groups is 8. The Morgan fingerprint density at radius 3 is 1.14 bits per heavy atom. The Balaban J connectivity index is 1.67. The van der Waals surface area contributed by atoms with Crippen LogP contribution < -0.4 is 5.32 Å². The summed E-state index contributed by atoms with van der Waals surface area (Å²) in [4.78, 5) is 13.3. The summed E-state index contributed by atoms with van der Waals surface area (Å²) in [5, 5.41) is 87.5. The molecular formula is C79H131NO13. The molecule has 2 rings (SSSR count). The maximum absolute atomic E-state index is 13.3. The molecule has 14 heteroatoms. The van der Waals surface area contributed by atoms with Crippen molar-refractivity contribution in [1.82, 2.24) is 5.32 Å². The molecule has 93 heavy (non-hydrogen) atoms. The van der Waals surface area contributed by atoms with E-state index >= 15 is 0 Å². The Bertz CT molecular complexity index is 2120. The van der Waals surface area contributed by atoms with Crippen molar-refractivity contribution in [1.29, 1.82) is 0 Å². The maximum Gasteiger partial charge on any atom is 0.220 e. The molecule has 2 aliphatic heterocycles. The lowest BCUT2D eigenvalue weighted by atomic mass is 9.97. The van der Waals surface area contributed by atoms with Crippen LogP contribution in [0.3, 0.4) is 0 Å². The minimum Gasteiger partial charge on any atom is -0.394 e. The molecule has 2 heterocycles. The minimum absolute atomic E-state index is 0.250. The molecule has 0 aromatic heterocycles. The van der Waals surface area contributed by atoms with Gasteiger partial charge in [0.2, 0.25) is 5.91 Å². The van der Waals surface area contributed by atoms with Gasteiger partial charge in [0, 0.05) is 6.42 Å². The normalized spacial score (nSPS) is 23.5. The summed E-state index contributed by atoms with van der Waals surface area (Å²) in [5.41, 5.74) is 0. The molecule has 0 aliphatic carbocycles. The summed E-state index contributed by atoms with van der Waals surface area (Å²) in [5.74, 6) is -0.262. The summed E-state index contributed by atoms with van der Waals surface area (Å²) in [6.07, 6.45) is 76.1. The van der Waals surface area contributed by atoms with Crippen LogP contribution in [-0.2, 0) is 23.7 Å². The molecule has 0 aromatic rings. The number of hydrogen-bond donors (Lipinski definition) is 9. The second-order valence-electron chi connectivity index (χ2n) is 25.0. The minimum atomic E-state index is -1.80. The summed E-state index contributed by atoms with van der Waals surface area (Å²) < 4.78 is 22.8. The molecule has 2 saturated heterocycles. The lowest BCUT2D eigenvalue weighted by Gasteiger charge is -2.46. The van der Waals surface area contributed by atoms with Gasteiger partial charge < -0.3 is 65.1 Å². The maximum atomic E-state index is 13.3. The number of allylic oxidation sites excluding steroid dienone is 23. The monoisotopic (exact) mass is 1300 g/mol. The van der Waals surface area contributed by atoms with Crippen molar-refractivity contribution in [2.75, 3.05) is 19.8 Å². The van der Waals surface area contributed by atoms with E-state index in [9.17, 15) is 45.6 Å². The average Bonchev–Trinajstić information content (AvgIpc) is 0.854. The first-order valence-electron chi connectivity index (χ1n) is 36.6. The summed E-state index contributed by atoms with van der Waals surface area (Å²) in [7, 11) is 0. The highest BCUT2D eigenvalue weighted by atomic mass is 16.7. The largest absolute Gasteiger partial charge is 0.394 e. The van der Waals surface area contributed by atoms with Crippen molar-refractivity contribution < 1.29 is 64.6 Å². The lowest BCUT2D eigenvalue weighted by Crippen LogP contribution is -2.65. The van der Waals surface area contributed by atoms with Crippen molar-refractivity contribution >= 4 is 5.91 Å². The van der Waals surface area contributed by atoms with E-state index < -0.39 is 86.8 Å². The van der Waals surface area contributed by atoms with E-state index in [1.165, 1.54) is 103 Å². The quantitative estimate of drug-likeness (QED) is 0.0204. The number of rotatable bonds is 58. The summed E-state index contributed by atoms with van der Waals surface area (Å²) in [6.45, 7) is 2.68. The fraction of sp³-hybridized carbons (Fsp3) is 0.684. The highest BCUT2D eigenvalue weighted by molar-refractivity contribution is 5.76. The molecule has 530 valence electrons. The molecule has 0 bridgehead atoms. The van der Waals surface area contributed by atoms with Gasteiger partial charge in [-0.05, 0) is 103 Å². The zero-order valence-electron chi connectivity index (χ0n) is 57.7. The third-order valence-electron chi connectivity index (χ3n) is 16.8. The molecule has 0 spiro atoms. The lowest BCUT2D eigenvalue weighted by molar-refractivity contribution is -0.359. The van der Waals surface area contributed by atoms with Gasteiger partial charge in [0.25, 0.3) is 0 Å². The van der Waals surface area contributed by atoms with Crippen LogP contribution in [0.4, 0.5) is 0 Å². The van der Waals surface area contributed by atoms with E-state index in [4.69, 9.17) is 18.9 Å². The molecule has 2 fully saturated rings. The van der Waals surface area contributed by atoms with Crippen LogP contribution in [-0.4, -0.2) is 140 Å². The van der Waals surface area contributed by atoms with Gasteiger partial charge in [0.05, 0.1) is 32.0 Å². The SMILES string of the molecule is CC/C=C\C/C=C\C/C=C\C/C=C\C/C=C\C/C=C\C/C=C\C/C=C\C/C=C\C/C=C\C/C=C\CCCCCCCC(=O)NC(COC1OC(CO)C(OC2OC(CO)C(O)C(O)C2O)C(O)C1O)C(O)/C=C/CCCCCCCCCCCCCCCCCCCC. The van der Waals surface area contributed by atoms with Gasteiger partial charge in [0.1, 0.15) is 48.8 Å². The van der Waals surface area contributed by atoms with Gasteiger partial charge >= 0.3 is 0 Å². The number of unbranched alkanes of at least 4 members (excludes halogenated alkanes) is 23. The Hall–Kier alpha value is -4.13. The molecule has 0 saturated carbocycles. The van der Waals surface area contributed by atoms with Crippen molar-refractivity contribution in [3.63, 3.8) is 0 Å². The van der Waals surface area contributed by atoms with Crippen molar-refractivity contribution in [3.05, 3.63) is 146 Å². The van der Waals surface area contributed by atoms with Crippen LogP contribution in [0.5, 0.6) is 0 Å². The zero-order valence-corrected chi connectivity index (χ0v) is 57.7. The molecule has 9 N–H and O–H groups in total. The van der Waals surface area contributed by atoms with Crippen molar-refractivity contribution in [2.24, 2.45) is 0 Å². The van der Waals surface area contributed by atoms with Gasteiger partial charge in [-0.2, -0.15) is 0 Å². The molecule has 1 amide bonds. The number of carbonyl (C=O) groups is 1. The van der Waals surface area contributed by atoms with Crippen LogP contribution in [0.25, 0.3) is 0 Å². The van der Waals surface area contributed by atoms with E-state index in [1.54, 1.807) is 6.08 Å². The smallest absolute Gasteiger partial charge is 0.220 e. The van der Waals surface area contributed by atoms with E-state index in [-0.39, 0.29) is 18.9 Å². The highest BCUT2D eigenvalue weighted by Crippen LogP contribution is 2.30. The first kappa shape index (κ1) is 85.0. The Morgan fingerprint density at radius 2 is 0.742 bits per heavy atom. The van der Waals surface area contributed by atoms with Crippen LogP contribution in [0.2, 0.25) is 0 Å². The van der Waals surface area contributed by atoms with E-state index in [1.807, 2.05) is 6.08 Å². The molecule has 12 atom stereocenters. The molecule has 0 radical (unpaired) electrons. The van der Waals surface area contributed by atoms with E-state index in [0.717, 1.165) is 122 Å². The number of ether oxygens (including phenoxy) is 4. The fourth-order valence-corrected chi connectivity index (χ4v) is 11.0. The van der Waals surface area contributed by atoms with Crippen molar-refractivity contribution in [2.45, 2.75) is 325 Å². The topological polar surface area (TPSA) is 228 Å². The Labute approximate surface area is 563 Å². The molecule has 14 nitrogen and oxygen atoms in total. The van der Waals surface area contributed by atoms with Gasteiger partial charge in [-0.3, -0.25) is 4.79 Å². The van der Waals surface area contributed by atoms with E-state index in [2.05, 4.69) is 153 Å². The number of nitrogens with one attached hydrogen (secondary N) is 1. The molecular weight excluding hydrogens is 1170 g/mol. The second kappa shape index (κ2) is 61.5. The average molecular weight is 1300 g/mol. The third kappa shape index (κ3) is 45.1. The summed E-state index contributed by atoms with van der Waals surface area (Å²) >= 11 is 0.